The Balaban J connectivity index is -0.0000000250. The van der Waals surface area contributed by atoms with Gasteiger partial charge < -0.3 is 55.9 Å². The van der Waals surface area contributed by atoms with Crippen molar-refractivity contribution < 1.29 is 126 Å². The second-order valence-electron chi connectivity index (χ2n) is 1.40. The fraction of sp³-hybridized carbons (Fsp3) is 0. The van der Waals surface area contributed by atoms with E-state index in [4.69, 9.17) is 75.0 Å². The van der Waals surface area contributed by atoms with Crippen LogP contribution in [0.25, 0.3) is 0 Å². The van der Waals surface area contributed by atoms with E-state index in [2.05, 4.69) is 0 Å². The summed E-state index contributed by atoms with van der Waals surface area (Å²) in [5, 5.41) is 71.1. The molecule has 0 aromatic carbocycles. The van der Waals surface area contributed by atoms with Crippen molar-refractivity contribution in [1.82, 2.24) is 0 Å². The molecule has 0 amide bonds. The van der Waals surface area contributed by atoms with Crippen LogP contribution in [0, 0.1) is 0 Å². The van der Waals surface area contributed by atoms with Crippen molar-refractivity contribution in [3.05, 3.63) is 0 Å². The van der Waals surface area contributed by atoms with Gasteiger partial charge in [0.05, 0.1) is 0 Å². The van der Waals surface area contributed by atoms with E-state index in [0.29, 0.717) is 0 Å². The van der Waals surface area contributed by atoms with E-state index in [9.17, 15) is 0 Å². The molecule has 0 aliphatic carbocycles. The average molecular weight is 428 g/mol. The number of carboxylic acid groups (broad SMARTS) is 10. The Kier molecular flexibility index (Phi) is 70.8. The molecule has 0 aliphatic rings. The minimum atomic E-state index is -2.08. The van der Waals surface area contributed by atoms with Gasteiger partial charge in [-0.1, -0.05) is 0 Å². The summed E-state index contributed by atoms with van der Waals surface area (Å²) in [5.74, 6) is 0. The van der Waals surface area contributed by atoms with Crippen LogP contribution >= 0.6 is 0 Å². The Labute approximate surface area is 156 Å². The molecule has 9 N–H and O–H groups in total. The van der Waals surface area contributed by atoms with Gasteiger partial charge in [0.1, 0.15) is 0 Å². The van der Waals surface area contributed by atoms with Gasteiger partial charge in [0.25, 0.3) is 0 Å². The van der Waals surface area contributed by atoms with E-state index in [1.54, 1.807) is 0 Å². The molecule has 0 radical (unpaired) electrons. The molecule has 22 heavy (non-hydrogen) atoms. The topological polar surface area (TPSA) is 290 Å². The van der Waals surface area contributed by atoms with Crippen LogP contribution in [0.1, 0.15) is 0 Å². The zero-order valence-corrected chi connectivity index (χ0v) is 14.4. The summed E-state index contributed by atoms with van der Waals surface area (Å²) < 4.78 is 0. The Bertz CT molecular complexity index is 213. The number of hydrogen-bond donors (Lipinski definition) is 9. The van der Waals surface area contributed by atoms with E-state index in [-0.39, 0.29) is 50.6 Å². The summed E-state index contributed by atoms with van der Waals surface area (Å²) in [6.07, 6.45) is -9.42. The molecule has 0 aromatic rings. The van der Waals surface area contributed by atoms with Crippen LogP contribution in [0.4, 0.5) is 24.0 Å². The molecule has 0 bridgehead atoms. The van der Waals surface area contributed by atoms with Crippen molar-refractivity contribution in [2.75, 3.05) is 0 Å². The summed E-state index contributed by atoms with van der Waals surface area (Å²) in [5.41, 5.74) is 0. The first-order valence-corrected chi connectivity index (χ1v) is 3.24. The van der Waals surface area contributed by atoms with E-state index >= 15 is 0 Å². The predicted octanol–water partition coefficient (Wildman–Crippen LogP) is -3.22. The molecular formula is C5H9MoNaO15. The molecule has 0 rings (SSSR count). The number of carbonyl (C=O) groups is 5. The molecule has 0 fully saturated rings. The third kappa shape index (κ3) is 1360. The van der Waals surface area contributed by atoms with Gasteiger partial charge in [0, 0.05) is 21.1 Å². The summed E-state index contributed by atoms with van der Waals surface area (Å²) in [4.78, 5) is 42.7. The first-order valence-electron chi connectivity index (χ1n) is 3.24. The summed E-state index contributed by atoms with van der Waals surface area (Å²) >= 11 is 0. The van der Waals surface area contributed by atoms with Crippen molar-refractivity contribution in [2.24, 2.45) is 0 Å². The van der Waals surface area contributed by atoms with Crippen molar-refractivity contribution in [1.29, 1.82) is 0 Å². The number of rotatable bonds is 0. The van der Waals surface area contributed by atoms with E-state index in [0.717, 1.165) is 0 Å². The quantitative estimate of drug-likeness (QED) is 0.171. The van der Waals surface area contributed by atoms with Crippen LogP contribution in [0.15, 0.2) is 0 Å². The standard InChI is InChI=1S/5CH2O3.Mo.Na/c5*2-1(3)4;;/h5*(H2,2,3,4);;/q;;;;;;+1/p-1. The zero-order chi connectivity index (χ0) is 17.9. The fourth-order valence-electron chi connectivity index (χ4n) is 0. The van der Waals surface area contributed by atoms with E-state index < -0.39 is 30.8 Å². The zero-order valence-electron chi connectivity index (χ0n) is 10.4. The largest absolute Gasteiger partial charge is 1.00 e. The predicted molar refractivity (Wildman–Crippen MR) is 50.6 cm³/mol. The van der Waals surface area contributed by atoms with Crippen LogP contribution in [0.3, 0.4) is 0 Å². The third-order valence-corrected chi connectivity index (χ3v) is 0. The molecule has 0 saturated heterocycles. The minimum Gasteiger partial charge on any atom is -0.565 e. The van der Waals surface area contributed by atoms with E-state index in [1.165, 1.54) is 0 Å². The maximum Gasteiger partial charge on any atom is 1.00 e. The van der Waals surface area contributed by atoms with Gasteiger partial charge >= 0.3 is 54.2 Å². The first kappa shape index (κ1) is 42.7. The molecule has 0 saturated carbocycles. The Morgan fingerprint density at radius 2 is 0.500 bits per heavy atom. The Hall–Kier alpha value is -1.96. The van der Waals surface area contributed by atoms with Gasteiger partial charge in [0.15, 0.2) is 0 Å². The molecule has 17 heteroatoms. The van der Waals surface area contributed by atoms with Gasteiger partial charge in [-0.15, -0.1) is 0 Å². The average Bonchev–Trinajstić information content (AvgIpc) is 1.94. The summed E-state index contributed by atoms with van der Waals surface area (Å²) in [6.45, 7) is 0. The van der Waals surface area contributed by atoms with Crippen molar-refractivity contribution in [3.8, 4) is 0 Å². The Morgan fingerprint density at radius 1 is 0.500 bits per heavy atom. The molecule has 0 heterocycles. The maximum atomic E-state index is 8.56. The molecule has 0 aromatic heterocycles. The molecule has 0 atom stereocenters. The maximum absolute atomic E-state index is 8.56. The van der Waals surface area contributed by atoms with Gasteiger partial charge in [-0.05, 0) is 0 Å². The van der Waals surface area contributed by atoms with E-state index in [1.807, 2.05) is 0 Å². The second kappa shape index (κ2) is 36.4. The molecule has 0 unspecified atom stereocenters. The number of hydrogen-bond acceptors (Lipinski definition) is 6. The van der Waals surface area contributed by atoms with Crippen molar-refractivity contribution in [2.45, 2.75) is 0 Å². The summed E-state index contributed by atoms with van der Waals surface area (Å²) in [6, 6.07) is 0. The normalized spacial score (nSPS) is 5.45. The van der Waals surface area contributed by atoms with Gasteiger partial charge in [-0.2, -0.15) is 0 Å². The SMILES string of the molecule is O=C(O)O.O=C(O)O.O=C(O)O.O=C(O)O.O=C([O-])O.[Mo].[Na+]. The Morgan fingerprint density at radius 3 is 0.500 bits per heavy atom. The second-order valence-corrected chi connectivity index (χ2v) is 1.40. The van der Waals surface area contributed by atoms with Gasteiger partial charge in [-0.3, -0.25) is 0 Å². The smallest absolute Gasteiger partial charge is 0.565 e. The third-order valence-electron chi connectivity index (χ3n) is 0. The molecule has 0 spiro atoms. The van der Waals surface area contributed by atoms with Crippen LogP contribution < -0.4 is 34.7 Å². The van der Waals surface area contributed by atoms with Gasteiger partial charge in [-0.25, -0.2) is 19.2 Å². The van der Waals surface area contributed by atoms with Crippen LogP contribution in [0.2, 0.25) is 0 Å². The fourth-order valence-corrected chi connectivity index (χ4v) is 0. The molecular weight excluding hydrogens is 419 g/mol. The molecule has 15 nitrogen and oxygen atoms in total. The molecule has 0 aliphatic heterocycles. The van der Waals surface area contributed by atoms with Crippen molar-refractivity contribution >= 4 is 30.8 Å². The summed E-state index contributed by atoms with van der Waals surface area (Å²) in [7, 11) is 0. The minimum absolute atomic E-state index is 0. The van der Waals surface area contributed by atoms with Crippen LogP contribution in [0.5, 0.6) is 0 Å². The van der Waals surface area contributed by atoms with Crippen LogP contribution in [-0.2, 0) is 21.1 Å². The van der Waals surface area contributed by atoms with Crippen LogP contribution in [-0.4, -0.2) is 76.7 Å². The monoisotopic (exact) mass is 430 g/mol. The first-order chi connectivity index (χ1) is 8.66. The van der Waals surface area contributed by atoms with Crippen molar-refractivity contribution in [3.63, 3.8) is 0 Å². The molecule has 126 valence electrons. The van der Waals surface area contributed by atoms with Gasteiger partial charge in [0.2, 0.25) is 6.16 Å².